The molecule has 0 aliphatic heterocycles. The minimum atomic E-state index is -0.212. The molecule has 0 aromatic carbocycles. The Morgan fingerprint density at radius 3 is 2.79 bits per heavy atom. The minimum Gasteiger partial charge on any atom is -0.382 e. The molecule has 1 heterocycles. The summed E-state index contributed by atoms with van der Waals surface area (Å²) in [6.07, 6.45) is 1.53. The molecule has 4 heteroatoms. The van der Waals surface area contributed by atoms with Gasteiger partial charge in [0.2, 0.25) is 5.78 Å². The van der Waals surface area contributed by atoms with Crippen molar-refractivity contribution in [3.8, 4) is 6.07 Å². The fourth-order valence-electron chi connectivity index (χ4n) is 0.937. The summed E-state index contributed by atoms with van der Waals surface area (Å²) < 4.78 is 0. The number of nitriles is 1. The highest BCUT2D eigenvalue weighted by molar-refractivity contribution is 7.12. The summed E-state index contributed by atoms with van der Waals surface area (Å²) in [4.78, 5) is 13.9. The van der Waals surface area contributed by atoms with Gasteiger partial charge in [-0.15, -0.1) is 11.3 Å². The Kier molecular flexibility index (Phi) is 3.43. The predicted octanol–water partition coefficient (Wildman–Crippen LogP) is 1.90. The van der Waals surface area contributed by atoms with E-state index in [-0.39, 0.29) is 11.4 Å². The van der Waals surface area contributed by atoms with Crippen LogP contribution in [0.1, 0.15) is 9.67 Å². The first kappa shape index (κ1) is 10.5. The quantitative estimate of drug-likeness (QED) is 0.431. The van der Waals surface area contributed by atoms with Crippen LogP contribution in [0.15, 0.2) is 29.3 Å². The van der Waals surface area contributed by atoms with Gasteiger partial charge in [0.1, 0.15) is 11.6 Å². The maximum atomic E-state index is 11.7. The third-order valence-electron chi connectivity index (χ3n) is 1.50. The van der Waals surface area contributed by atoms with Gasteiger partial charge in [-0.1, -0.05) is 6.07 Å². The smallest absolute Gasteiger partial charge is 0.214 e. The van der Waals surface area contributed by atoms with E-state index in [1.807, 2.05) is 11.4 Å². The van der Waals surface area contributed by atoms with Crippen molar-refractivity contribution >= 4 is 17.1 Å². The summed E-state index contributed by atoms with van der Waals surface area (Å²) in [7, 11) is 3.55. The first-order valence-electron chi connectivity index (χ1n) is 4.01. The van der Waals surface area contributed by atoms with Crippen molar-refractivity contribution in [2.24, 2.45) is 0 Å². The number of allylic oxidation sites excluding steroid dienone is 1. The predicted molar refractivity (Wildman–Crippen MR) is 56.0 cm³/mol. The monoisotopic (exact) mass is 206 g/mol. The molecule has 1 aromatic rings. The summed E-state index contributed by atoms with van der Waals surface area (Å²) in [5.74, 6) is -0.212. The van der Waals surface area contributed by atoms with Crippen LogP contribution in [0.3, 0.4) is 0 Å². The van der Waals surface area contributed by atoms with Crippen molar-refractivity contribution in [2.75, 3.05) is 14.1 Å². The molecule has 0 saturated heterocycles. The van der Waals surface area contributed by atoms with Gasteiger partial charge in [-0.2, -0.15) is 5.26 Å². The molecule has 0 saturated carbocycles. The van der Waals surface area contributed by atoms with Crippen molar-refractivity contribution in [1.82, 2.24) is 4.90 Å². The number of ketones is 1. The van der Waals surface area contributed by atoms with Crippen LogP contribution < -0.4 is 0 Å². The highest BCUT2D eigenvalue weighted by atomic mass is 32.1. The van der Waals surface area contributed by atoms with E-state index in [2.05, 4.69) is 0 Å². The number of nitrogens with zero attached hydrogens (tertiary/aromatic N) is 2. The van der Waals surface area contributed by atoms with E-state index >= 15 is 0 Å². The lowest BCUT2D eigenvalue weighted by Gasteiger charge is -2.04. The van der Waals surface area contributed by atoms with Gasteiger partial charge < -0.3 is 4.90 Å². The van der Waals surface area contributed by atoms with E-state index in [9.17, 15) is 4.79 Å². The zero-order valence-electron chi connectivity index (χ0n) is 8.02. The molecular weight excluding hydrogens is 196 g/mol. The molecule has 0 spiro atoms. The summed E-state index contributed by atoms with van der Waals surface area (Å²) in [6, 6.07) is 5.41. The second kappa shape index (κ2) is 4.58. The fraction of sp³-hybridized carbons (Fsp3) is 0.200. The molecule has 0 fully saturated rings. The van der Waals surface area contributed by atoms with Crippen LogP contribution >= 0.6 is 11.3 Å². The molecule has 14 heavy (non-hydrogen) atoms. The number of thiophene rings is 1. The summed E-state index contributed by atoms with van der Waals surface area (Å²) in [5.41, 5.74) is 0.164. The largest absolute Gasteiger partial charge is 0.382 e. The Morgan fingerprint density at radius 2 is 2.36 bits per heavy atom. The van der Waals surface area contributed by atoms with Gasteiger partial charge in [-0.05, 0) is 11.4 Å². The highest BCUT2D eigenvalue weighted by Gasteiger charge is 2.12. The van der Waals surface area contributed by atoms with E-state index in [0.29, 0.717) is 4.88 Å². The molecule has 0 unspecified atom stereocenters. The van der Waals surface area contributed by atoms with Crippen molar-refractivity contribution in [3.05, 3.63) is 34.2 Å². The second-order valence-corrected chi connectivity index (χ2v) is 3.87. The van der Waals surface area contributed by atoms with Crippen LogP contribution in [0, 0.1) is 11.3 Å². The second-order valence-electron chi connectivity index (χ2n) is 2.92. The third kappa shape index (κ3) is 2.44. The maximum absolute atomic E-state index is 11.7. The third-order valence-corrected chi connectivity index (χ3v) is 2.37. The molecule has 0 radical (unpaired) electrons. The van der Waals surface area contributed by atoms with Crippen LogP contribution in [0.4, 0.5) is 0 Å². The summed E-state index contributed by atoms with van der Waals surface area (Å²) in [6.45, 7) is 0. The van der Waals surface area contributed by atoms with Gasteiger partial charge in [0.05, 0.1) is 4.88 Å². The molecule has 1 rings (SSSR count). The number of Topliss-reactive ketones (excluding diaryl/α,β-unsaturated/α-hetero) is 1. The van der Waals surface area contributed by atoms with Crippen molar-refractivity contribution < 1.29 is 4.79 Å². The molecule has 3 nitrogen and oxygen atoms in total. The lowest BCUT2D eigenvalue weighted by Crippen LogP contribution is -2.07. The molecular formula is C10H10N2OS. The Balaban J connectivity index is 2.94. The fourth-order valence-corrected chi connectivity index (χ4v) is 1.61. The zero-order chi connectivity index (χ0) is 10.6. The average Bonchev–Trinajstić information content (AvgIpc) is 2.65. The van der Waals surface area contributed by atoms with E-state index < -0.39 is 0 Å². The minimum absolute atomic E-state index is 0.164. The Morgan fingerprint density at radius 1 is 1.64 bits per heavy atom. The average molecular weight is 206 g/mol. The number of carbonyl (C=O) groups excluding carboxylic acids is 1. The molecule has 0 bridgehead atoms. The summed E-state index contributed by atoms with van der Waals surface area (Å²) in [5, 5.41) is 10.6. The first-order valence-corrected chi connectivity index (χ1v) is 4.89. The van der Waals surface area contributed by atoms with Crippen LogP contribution in [0.5, 0.6) is 0 Å². The van der Waals surface area contributed by atoms with Crippen molar-refractivity contribution in [2.45, 2.75) is 0 Å². The van der Waals surface area contributed by atoms with Crippen LogP contribution in [-0.4, -0.2) is 24.8 Å². The molecule has 0 N–H and O–H groups in total. The van der Waals surface area contributed by atoms with E-state index in [0.717, 1.165) is 0 Å². The Bertz CT molecular complexity index is 385. The number of hydrogen-bond acceptors (Lipinski definition) is 4. The van der Waals surface area contributed by atoms with Crippen LogP contribution in [0.25, 0.3) is 0 Å². The van der Waals surface area contributed by atoms with Gasteiger partial charge in [-0.3, -0.25) is 4.79 Å². The van der Waals surface area contributed by atoms with E-state index in [1.165, 1.54) is 17.5 Å². The number of rotatable bonds is 3. The zero-order valence-corrected chi connectivity index (χ0v) is 8.84. The standard InChI is InChI=1S/C10H10N2OS/c1-12(2)7-8(6-11)10(13)9-4-3-5-14-9/h3-5,7H,1-2H3. The van der Waals surface area contributed by atoms with Crippen molar-refractivity contribution in [1.29, 1.82) is 5.26 Å². The van der Waals surface area contributed by atoms with E-state index in [1.54, 1.807) is 31.1 Å². The molecule has 1 aromatic heterocycles. The van der Waals surface area contributed by atoms with Gasteiger partial charge >= 0.3 is 0 Å². The highest BCUT2D eigenvalue weighted by Crippen LogP contribution is 2.14. The molecule has 0 aliphatic carbocycles. The van der Waals surface area contributed by atoms with E-state index in [4.69, 9.17) is 5.26 Å². The number of carbonyl (C=O) groups is 1. The summed E-state index contributed by atoms with van der Waals surface area (Å²) >= 11 is 1.34. The number of hydrogen-bond donors (Lipinski definition) is 0. The van der Waals surface area contributed by atoms with Gasteiger partial charge in [0.25, 0.3) is 0 Å². The van der Waals surface area contributed by atoms with Crippen LogP contribution in [-0.2, 0) is 0 Å². The Hall–Kier alpha value is -1.60. The molecule has 72 valence electrons. The lowest BCUT2D eigenvalue weighted by molar-refractivity contribution is 0.104. The lowest BCUT2D eigenvalue weighted by atomic mass is 10.2. The Labute approximate surface area is 86.9 Å². The van der Waals surface area contributed by atoms with Gasteiger partial charge in [0, 0.05) is 20.3 Å². The normalized spacial score (nSPS) is 10.8. The van der Waals surface area contributed by atoms with Crippen LogP contribution in [0.2, 0.25) is 0 Å². The molecule has 0 atom stereocenters. The van der Waals surface area contributed by atoms with Crippen molar-refractivity contribution in [3.63, 3.8) is 0 Å². The SMILES string of the molecule is CN(C)C=C(C#N)C(=O)c1cccs1. The topological polar surface area (TPSA) is 44.1 Å². The molecule has 0 amide bonds. The van der Waals surface area contributed by atoms with Gasteiger partial charge in [0.15, 0.2) is 0 Å². The maximum Gasteiger partial charge on any atom is 0.214 e. The van der Waals surface area contributed by atoms with Gasteiger partial charge in [-0.25, -0.2) is 0 Å². The molecule has 0 aliphatic rings. The first-order chi connectivity index (χ1) is 6.65.